The highest BCUT2D eigenvalue weighted by Crippen LogP contribution is 2.30. The van der Waals surface area contributed by atoms with Gasteiger partial charge in [-0.05, 0) is 24.8 Å². The van der Waals surface area contributed by atoms with Gasteiger partial charge in [-0.2, -0.15) is 0 Å². The van der Waals surface area contributed by atoms with Crippen molar-refractivity contribution in [2.75, 3.05) is 23.4 Å². The first kappa shape index (κ1) is 13.6. The van der Waals surface area contributed by atoms with Crippen LogP contribution in [-0.2, 0) is 0 Å². The van der Waals surface area contributed by atoms with Crippen LogP contribution in [0.15, 0.2) is 18.2 Å². The van der Waals surface area contributed by atoms with Gasteiger partial charge in [0, 0.05) is 30.9 Å². The van der Waals surface area contributed by atoms with Crippen molar-refractivity contribution in [2.45, 2.75) is 26.2 Å². The van der Waals surface area contributed by atoms with Gasteiger partial charge in [0.1, 0.15) is 0 Å². The molecule has 1 unspecified atom stereocenters. The molecule has 0 radical (unpaired) electrons. The Morgan fingerprint density at radius 3 is 2.95 bits per heavy atom. The van der Waals surface area contributed by atoms with E-state index in [-0.39, 0.29) is 10.6 Å². The quantitative estimate of drug-likeness (QED) is 0.496. The molecule has 1 fully saturated rings. The largest absolute Gasteiger partial charge is 0.371 e. The Kier molecular flexibility index (Phi) is 4.21. The van der Waals surface area contributed by atoms with Crippen LogP contribution in [0.5, 0.6) is 0 Å². The molecular formula is C13H20N4O2. The Bertz CT molecular complexity index is 464. The fourth-order valence-corrected chi connectivity index (χ4v) is 2.60. The molecule has 0 saturated carbocycles. The molecule has 1 aliphatic rings. The molecule has 6 nitrogen and oxygen atoms in total. The summed E-state index contributed by atoms with van der Waals surface area (Å²) in [5, 5.41) is 10.9. The Hall–Kier alpha value is -1.82. The maximum absolute atomic E-state index is 10.9. The number of nitrogen functional groups attached to an aromatic ring is 1. The zero-order valence-corrected chi connectivity index (χ0v) is 11.1. The SMILES string of the molecule is CCC1CCCN(c2cc(NN)cc([N+](=O)[O-])c2)C1. The van der Waals surface area contributed by atoms with Crippen molar-refractivity contribution in [1.82, 2.24) is 0 Å². The predicted molar refractivity (Wildman–Crippen MR) is 76.1 cm³/mol. The first-order valence-corrected chi connectivity index (χ1v) is 6.65. The fraction of sp³-hybridized carbons (Fsp3) is 0.538. The number of anilines is 2. The van der Waals surface area contributed by atoms with Crippen molar-refractivity contribution >= 4 is 17.1 Å². The van der Waals surface area contributed by atoms with Crippen LogP contribution in [0, 0.1) is 16.0 Å². The van der Waals surface area contributed by atoms with Gasteiger partial charge in [0.15, 0.2) is 0 Å². The molecule has 1 heterocycles. The van der Waals surface area contributed by atoms with E-state index >= 15 is 0 Å². The number of nitrogens with zero attached hydrogens (tertiary/aromatic N) is 2. The van der Waals surface area contributed by atoms with Gasteiger partial charge < -0.3 is 10.3 Å². The monoisotopic (exact) mass is 264 g/mol. The number of nitro benzene ring substituents is 1. The second kappa shape index (κ2) is 5.88. The van der Waals surface area contributed by atoms with Gasteiger partial charge in [-0.25, -0.2) is 0 Å². The normalized spacial score (nSPS) is 19.3. The molecule has 0 amide bonds. The van der Waals surface area contributed by atoms with E-state index in [0.717, 1.165) is 31.6 Å². The number of nitrogens with one attached hydrogen (secondary N) is 1. The van der Waals surface area contributed by atoms with E-state index < -0.39 is 0 Å². The van der Waals surface area contributed by atoms with Crippen LogP contribution in [-0.4, -0.2) is 18.0 Å². The number of non-ortho nitro benzene ring substituents is 1. The maximum atomic E-state index is 10.9. The minimum absolute atomic E-state index is 0.0732. The number of hydrogen-bond acceptors (Lipinski definition) is 5. The summed E-state index contributed by atoms with van der Waals surface area (Å²) in [7, 11) is 0. The highest BCUT2D eigenvalue weighted by Gasteiger charge is 2.21. The Morgan fingerprint density at radius 2 is 2.32 bits per heavy atom. The number of nitro groups is 1. The van der Waals surface area contributed by atoms with E-state index in [1.165, 1.54) is 12.5 Å². The van der Waals surface area contributed by atoms with Crippen LogP contribution >= 0.6 is 0 Å². The second-order valence-corrected chi connectivity index (χ2v) is 5.00. The molecule has 0 aliphatic carbocycles. The standard InChI is InChI=1S/C13H20N4O2/c1-2-10-4-3-5-16(9-10)12-6-11(15-14)7-13(8-12)17(18)19/h6-8,10,15H,2-5,9,14H2,1H3. The molecule has 1 aromatic carbocycles. The number of rotatable bonds is 4. The van der Waals surface area contributed by atoms with Gasteiger partial charge in [-0.1, -0.05) is 13.3 Å². The van der Waals surface area contributed by atoms with E-state index in [2.05, 4.69) is 17.2 Å². The zero-order chi connectivity index (χ0) is 13.8. The van der Waals surface area contributed by atoms with E-state index in [1.807, 2.05) is 6.07 Å². The van der Waals surface area contributed by atoms with Crippen LogP contribution in [0.1, 0.15) is 26.2 Å². The van der Waals surface area contributed by atoms with Crippen LogP contribution in [0.4, 0.5) is 17.1 Å². The van der Waals surface area contributed by atoms with Crippen molar-refractivity contribution in [2.24, 2.45) is 11.8 Å². The van der Waals surface area contributed by atoms with Gasteiger partial charge in [0.2, 0.25) is 0 Å². The van der Waals surface area contributed by atoms with Crippen molar-refractivity contribution in [3.63, 3.8) is 0 Å². The molecule has 0 aromatic heterocycles. The topological polar surface area (TPSA) is 84.4 Å². The van der Waals surface area contributed by atoms with Crippen molar-refractivity contribution in [1.29, 1.82) is 0 Å². The molecular weight excluding hydrogens is 244 g/mol. The van der Waals surface area contributed by atoms with Crippen molar-refractivity contribution < 1.29 is 4.92 Å². The minimum Gasteiger partial charge on any atom is -0.371 e. The molecule has 1 saturated heterocycles. The number of hydrazine groups is 1. The molecule has 104 valence electrons. The second-order valence-electron chi connectivity index (χ2n) is 5.00. The first-order valence-electron chi connectivity index (χ1n) is 6.65. The third-order valence-electron chi connectivity index (χ3n) is 3.74. The van der Waals surface area contributed by atoms with E-state index in [4.69, 9.17) is 5.84 Å². The number of benzene rings is 1. The summed E-state index contributed by atoms with van der Waals surface area (Å²) in [6, 6.07) is 4.94. The highest BCUT2D eigenvalue weighted by atomic mass is 16.6. The lowest BCUT2D eigenvalue weighted by molar-refractivity contribution is -0.384. The molecule has 19 heavy (non-hydrogen) atoms. The summed E-state index contributed by atoms with van der Waals surface area (Å²) >= 11 is 0. The Morgan fingerprint density at radius 1 is 1.53 bits per heavy atom. The van der Waals surface area contributed by atoms with Crippen molar-refractivity contribution in [3.8, 4) is 0 Å². The van der Waals surface area contributed by atoms with Gasteiger partial charge in [-0.3, -0.25) is 16.0 Å². The minimum atomic E-state index is -0.383. The van der Waals surface area contributed by atoms with Crippen LogP contribution in [0.2, 0.25) is 0 Å². The lowest BCUT2D eigenvalue weighted by Crippen LogP contribution is -2.35. The highest BCUT2D eigenvalue weighted by molar-refractivity contribution is 5.64. The molecule has 0 bridgehead atoms. The van der Waals surface area contributed by atoms with Gasteiger partial charge in [0.05, 0.1) is 10.6 Å². The molecule has 6 heteroatoms. The van der Waals surface area contributed by atoms with Crippen LogP contribution < -0.4 is 16.2 Å². The fourth-order valence-electron chi connectivity index (χ4n) is 2.60. The average Bonchev–Trinajstić information content (AvgIpc) is 2.46. The summed E-state index contributed by atoms with van der Waals surface area (Å²) in [5.41, 5.74) is 4.02. The average molecular weight is 264 g/mol. The number of nitrogens with two attached hydrogens (primary N) is 1. The molecule has 1 aliphatic heterocycles. The molecule has 3 N–H and O–H groups in total. The Labute approximate surface area is 112 Å². The van der Waals surface area contributed by atoms with Crippen LogP contribution in [0.25, 0.3) is 0 Å². The van der Waals surface area contributed by atoms with E-state index in [9.17, 15) is 10.1 Å². The predicted octanol–water partition coefficient (Wildman–Crippen LogP) is 2.51. The summed E-state index contributed by atoms with van der Waals surface area (Å²) < 4.78 is 0. The number of piperidine rings is 1. The summed E-state index contributed by atoms with van der Waals surface area (Å²) in [6.45, 7) is 4.10. The Balaban J connectivity index is 2.27. The molecule has 1 atom stereocenters. The molecule has 0 spiro atoms. The molecule has 1 aromatic rings. The van der Waals surface area contributed by atoms with Crippen LogP contribution in [0.3, 0.4) is 0 Å². The lowest BCUT2D eigenvalue weighted by atomic mass is 9.95. The number of hydrogen-bond donors (Lipinski definition) is 2. The van der Waals surface area contributed by atoms with Gasteiger partial charge in [0.25, 0.3) is 5.69 Å². The summed E-state index contributed by atoms with van der Waals surface area (Å²) in [5.74, 6) is 6.05. The zero-order valence-electron chi connectivity index (χ0n) is 11.1. The van der Waals surface area contributed by atoms with Gasteiger partial charge >= 0.3 is 0 Å². The first-order chi connectivity index (χ1) is 9.13. The smallest absolute Gasteiger partial charge is 0.273 e. The third kappa shape index (κ3) is 3.14. The van der Waals surface area contributed by atoms with Crippen molar-refractivity contribution in [3.05, 3.63) is 28.3 Å². The summed E-state index contributed by atoms with van der Waals surface area (Å²) in [4.78, 5) is 12.8. The van der Waals surface area contributed by atoms with Gasteiger partial charge in [-0.15, -0.1) is 0 Å². The van der Waals surface area contributed by atoms with E-state index in [1.54, 1.807) is 6.07 Å². The third-order valence-corrected chi connectivity index (χ3v) is 3.74. The van der Waals surface area contributed by atoms with E-state index in [0.29, 0.717) is 11.6 Å². The summed E-state index contributed by atoms with van der Waals surface area (Å²) in [6.07, 6.45) is 3.52. The molecule has 2 rings (SSSR count). The maximum Gasteiger partial charge on any atom is 0.273 e. The lowest BCUT2D eigenvalue weighted by Gasteiger charge is -2.34.